The largest absolute Gasteiger partial charge is 0.453 e. The van der Waals surface area contributed by atoms with Gasteiger partial charge in [0.25, 0.3) is 0 Å². The van der Waals surface area contributed by atoms with E-state index in [-0.39, 0.29) is 12.4 Å². The zero-order valence-corrected chi connectivity index (χ0v) is 10.5. The fraction of sp³-hybridized carbons (Fsp3) is 0.0667. The van der Waals surface area contributed by atoms with E-state index < -0.39 is 0 Å². The van der Waals surface area contributed by atoms with Crippen LogP contribution in [-0.2, 0) is 6.61 Å². The highest BCUT2D eigenvalue weighted by atomic mass is 16.3. The maximum absolute atomic E-state index is 10.7. The summed E-state index contributed by atoms with van der Waals surface area (Å²) in [6, 6.07) is 12.8. The number of furan rings is 1. The van der Waals surface area contributed by atoms with Crippen LogP contribution in [0.3, 0.4) is 0 Å². The molecule has 5 heteroatoms. The number of aliphatic hydroxyl groups excluding tert-OH is 1. The summed E-state index contributed by atoms with van der Waals surface area (Å²) in [6.07, 6.45) is 0.671. The van der Waals surface area contributed by atoms with Gasteiger partial charge in [-0.15, -0.1) is 0 Å². The van der Waals surface area contributed by atoms with Gasteiger partial charge in [0, 0.05) is 11.1 Å². The second-order valence-electron chi connectivity index (χ2n) is 4.30. The van der Waals surface area contributed by atoms with Crippen molar-refractivity contribution >= 4 is 6.29 Å². The van der Waals surface area contributed by atoms with Gasteiger partial charge in [0.1, 0.15) is 5.76 Å². The lowest BCUT2D eigenvalue weighted by Crippen LogP contribution is -1.83. The topological polar surface area (TPSA) is 79.1 Å². The summed E-state index contributed by atoms with van der Waals surface area (Å²) in [5.74, 6) is 0.893. The van der Waals surface area contributed by atoms with Crippen LogP contribution in [0.4, 0.5) is 0 Å². The minimum atomic E-state index is -0.0921. The van der Waals surface area contributed by atoms with Crippen LogP contribution in [0.1, 0.15) is 16.2 Å². The van der Waals surface area contributed by atoms with Crippen molar-refractivity contribution in [1.82, 2.24) is 10.2 Å². The lowest BCUT2D eigenvalue weighted by molar-refractivity contribution is 0.110. The van der Waals surface area contributed by atoms with E-state index in [4.69, 9.17) is 9.52 Å². The SMILES string of the molecule is O=Cc1ccc(-c2ccccc2-c2cc(CO)[nH]n2)o1. The summed E-state index contributed by atoms with van der Waals surface area (Å²) in [6.45, 7) is -0.0921. The second-order valence-corrected chi connectivity index (χ2v) is 4.30. The van der Waals surface area contributed by atoms with Gasteiger partial charge in [0.2, 0.25) is 0 Å². The fourth-order valence-corrected chi connectivity index (χ4v) is 2.06. The predicted molar refractivity (Wildman–Crippen MR) is 73.0 cm³/mol. The van der Waals surface area contributed by atoms with Crippen LogP contribution in [-0.4, -0.2) is 21.6 Å². The molecule has 0 saturated carbocycles. The van der Waals surface area contributed by atoms with E-state index in [1.165, 1.54) is 0 Å². The highest BCUT2D eigenvalue weighted by molar-refractivity contribution is 5.81. The molecule has 0 aliphatic heterocycles. The third-order valence-corrected chi connectivity index (χ3v) is 3.01. The maximum atomic E-state index is 10.7. The minimum Gasteiger partial charge on any atom is -0.453 e. The lowest BCUT2D eigenvalue weighted by atomic mass is 10.0. The maximum Gasteiger partial charge on any atom is 0.185 e. The van der Waals surface area contributed by atoms with Gasteiger partial charge in [-0.05, 0) is 18.2 Å². The summed E-state index contributed by atoms with van der Waals surface area (Å²) in [7, 11) is 0. The molecule has 0 radical (unpaired) electrons. The Morgan fingerprint density at radius 3 is 2.65 bits per heavy atom. The number of aromatic amines is 1. The Bertz CT molecular complexity index is 743. The molecule has 0 atom stereocenters. The Balaban J connectivity index is 2.10. The van der Waals surface area contributed by atoms with Crippen molar-refractivity contribution in [3.05, 3.63) is 53.9 Å². The number of benzene rings is 1. The molecule has 0 spiro atoms. The summed E-state index contributed by atoms with van der Waals surface area (Å²) in [5, 5.41) is 16.0. The molecule has 2 heterocycles. The zero-order chi connectivity index (χ0) is 13.9. The average molecular weight is 268 g/mol. The average Bonchev–Trinajstić information content (AvgIpc) is 3.16. The number of carbonyl (C=O) groups is 1. The minimum absolute atomic E-state index is 0.0921. The van der Waals surface area contributed by atoms with E-state index in [0.29, 0.717) is 23.4 Å². The van der Waals surface area contributed by atoms with E-state index in [2.05, 4.69) is 10.2 Å². The Kier molecular flexibility index (Phi) is 3.18. The van der Waals surface area contributed by atoms with Crippen LogP contribution in [0.25, 0.3) is 22.6 Å². The van der Waals surface area contributed by atoms with Gasteiger partial charge in [0.15, 0.2) is 12.0 Å². The molecule has 0 bridgehead atoms. The van der Waals surface area contributed by atoms with Crippen molar-refractivity contribution in [2.45, 2.75) is 6.61 Å². The molecule has 20 heavy (non-hydrogen) atoms. The van der Waals surface area contributed by atoms with Crippen LogP contribution in [0.15, 0.2) is 46.9 Å². The molecule has 0 unspecified atom stereocenters. The molecule has 0 saturated heterocycles. The summed E-state index contributed by atoms with van der Waals surface area (Å²) >= 11 is 0. The molecule has 0 aliphatic rings. The van der Waals surface area contributed by atoms with Crippen molar-refractivity contribution in [3.8, 4) is 22.6 Å². The molecular weight excluding hydrogens is 256 g/mol. The first-order chi connectivity index (χ1) is 9.81. The van der Waals surface area contributed by atoms with Crippen molar-refractivity contribution in [2.75, 3.05) is 0 Å². The molecule has 3 aromatic rings. The molecule has 0 aliphatic carbocycles. The number of nitrogens with zero attached hydrogens (tertiary/aromatic N) is 1. The number of nitrogens with one attached hydrogen (secondary N) is 1. The molecule has 1 aromatic carbocycles. The van der Waals surface area contributed by atoms with E-state index in [1.807, 2.05) is 24.3 Å². The van der Waals surface area contributed by atoms with Gasteiger partial charge >= 0.3 is 0 Å². The smallest absolute Gasteiger partial charge is 0.185 e. The second kappa shape index (κ2) is 5.14. The lowest BCUT2D eigenvalue weighted by Gasteiger charge is -2.04. The third kappa shape index (κ3) is 2.15. The number of rotatable bonds is 4. The first-order valence-electron chi connectivity index (χ1n) is 6.12. The van der Waals surface area contributed by atoms with Gasteiger partial charge in [-0.2, -0.15) is 5.10 Å². The van der Waals surface area contributed by atoms with Gasteiger partial charge in [-0.25, -0.2) is 0 Å². The molecule has 0 fully saturated rings. The standard InChI is InChI=1S/C15H12N2O3/c18-8-10-7-14(17-16-10)12-3-1-2-4-13(12)15-6-5-11(9-19)20-15/h1-7,9,18H,8H2,(H,16,17). The molecule has 100 valence electrons. The number of aliphatic hydroxyl groups is 1. The number of aromatic nitrogens is 2. The number of aldehydes is 1. The zero-order valence-electron chi connectivity index (χ0n) is 10.5. The normalized spacial score (nSPS) is 10.7. The molecule has 2 N–H and O–H groups in total. The van der Waals surface area contributed by atoms with Crippen LogP contribution in [0, 0.1) is 0 Å². The molecular formula is C15H12N2O3. The van der Waals surface area contributed by atoms with Crippen LogP contribution in [0.2, 0.25) is 0 Å². The molecule has 5 nitrogen and oxygen atoms in total. The number of carbonyl (C=O) groups excluding carboxylic acids is 1. The van der Waals surface area contributed by atoms with Gasteiger partial charge in [-0.3, -0.25) is 9.89 Å². The van der Waals surface area contributed by atoms with E-state index in [9.17, 15) is 4.79 Å². The summed E-state index contributed by atoms with van der Waals surface area (Å²) < 4.78 is 5.46. The van der Waals surface area contributed by atoms with E-state index in [0.717, 1.165) is 11.1 Å². The number of H-pyrrole nitrogens is 1. The molecule has 2 aromatic heterocycles. The van der Waals surface area contributed by atoms with E-state index in [1.54, 1.807) is 18.2 Å². The highest BCUT2D eigenvalue weighted by Gasteiger charge is 2.12. The quantitative estimate of drug-likeness (QED) is 0.713. The van der Waals surface area contributed by atoms with Gasteiger partial charge in [0.05, 0.1) is 18.0 Å². The molecule has 0 amide bonds. The van der Waals surface area contributed by atoms with E-state index >= 15 is 0 Å². The highest BCUT2D eigenvalue weighted by Crippen LogP contribution is 2.32. The van der Waals surface area contributed by atoms with Crippen molar-refractivity contribution in [1.29, 1.82) is 0 Å². The summed E-state index contributed by atoms with van der Waals surface area (Å²) in [4.78, 5) is 10.7. The number of hydrogen-bond acceptors (Lipinski definition) is 4. The predicted octanol–water partition coefficient (Wildman–Crippen LogP) is 2.64. The first kappa shape index (κ1) is 12.4. The van der Waals surface area contributed by atoms with Crippen LogP contribution < -0.4 is 0 Å². The van der Waals surface area contributed by atoms with Crippen molar-refractivity contribution < 1.29 is 14.3 Å². The van der Waals surface area contributed by atoms with Gasteiger partial charge < -0.3 is 9.52 Å². The van der Waals surface area contributed by atoms with Crippen molar-refractivity contribution in [3.63, 3.8) is 0 Å². The Labute approximate surface area is 114 Å². The van der Waals surface area contributed by atoms with Gasteiger partial charge in [-0.1, -0.05) is 24.3 Å². The van der Waals surface area contributed by atoms with Crippen LogP contribution >= 0.6 is 0 Å². The fourth-order valence-electron chi connectivity index (χ4n) is 2.06. The Hall–Kier alpha value is -2.66. The Morgan fingerprint density at radius 1 is 1.20 bits per heavy atom. The van der Waals surface area contributed by atoms with Crippen LogP contribution in [0.5, 0.6) is 0 Å². The summed E-state index contributed by atoms with van der Waals surface area (Å²) in [5.41, 5.74) is 3.07. The first-order valence-corrected chi connectivity index (χ1v) is 6.12. The molecule has 3 rings (SSSR count). The number of hydrogen-bond donors (Lipinski definition) is 2. The third-order valence-electron chi connectivity index (χ3n) is 3.01. The van der Waals surface area contributed by atoms with Crippen molar-refractivity contribution in [2.24, 2.45) is 0 Å². The Morgan fingerprint density at radius 2 is 2.00 bits per heavy atom. The monoisotopic (exact) mass is 268 g/mol.